The summed E-state index contributed by atoms with van der Waals surface area (Å²) in [5.41, 5.74) is 9.00. The minimum Gasteiger partial charge on any atom is -0.361 e. The van der Waals surface area contributed by atoms with E-state index >= 15 is 0 Å². The van der Waals surface area contributed by atoms with Gasteiger partial charge in [0.15, 0.2) is 0 Å². The second kappa shape index (κ2) is 6.34. The molecule has 1 aromatic carbocycles. The molecule has 0 atom stereocenters. The first-order chi connectivity index (χ1) is 9.61. The summed E-state index contributed by atoms with van der Waals surface area (Å²) in [6.07, 6.45) is 0.820. The van der Waals surface area contributed by atoms with E-state index in [1.807, 2.05) is 38.1 Å². The highest BCUT2D eigenvalue weighted by molar-refractivity contribution is 5.94. The summed E-state index contributed by atoms with van der Waals surface area (Å²) in [4.78, 5) is 12.0. The van der Waals surface area contributed by atoms with Crippen molar-refractivity contribution in [3.8, 4) is 0 Å². The first-order valence-corrected chi connectivity index (χ1v) is 6.60. The number of aryl methyl sites for hydroxylation is 2. The van der Waals surface area contributed by atoms with E-state index in [4.69, 9.17) is 10.3 Å². The Morgan fingerprint density at radius 1 is 1.30 bits per heavy atom. The van der Waals surface area contributed by atoms with Gasteiger partial charge in [-0.15, -0.1) is 0 Å². The number of nitrogens with two attached hydrogens (primary N) is 1. The smallest absolute Gasteiger partial charge is 0.251 e. The van der Waals surface area contributed by atoms with Gasteiger partial charge in [-0.1, -0.05) is 17.3 Å². The molecule has 0 saturated heterocycles. The van der Waals surface area contributed by atoms with E-state index in [1.54, 1.807) is 0 Å². The van der Waals surface area contributed by atoms with Crippen LogP contribution >= 0.6 is 0 Å². The van der Waals surface area contributed by atoms with Crippen LogP contribution in [0.1, 0.15) is 32.9 Å². The van der Waals surface area contributed by atoms with Crippen LogP contribution in [0.4, 0.5) is 0 Å². The lowest BCUT2D eigenvalue weighted by atomic mass is 10.1. The van der Waals surface area contributed by atoms with Crippen LogP contribution in [-0.2, 0) is 13.0 Å². The van der Waals surface area contributed by atoms with Crippen molar-refractivity contribution < 1.29 is 9.32 Å². The van der Waals surface area contributed by atoms with Crippen LogP contribution in [0, 0.1) is 13.8 Å². The zero-order chi connectivity index (χ0) is 14.5. The second-order valence-corrected chi connectivity index (χ2v) is 4.72. The fourth-order valence-electron chi connectivity index (χ4n) is 2.01. The van der Waals surface area contributed by atoms with Crippen LogP contribution in [0.2, 0.25) is 0 Å². The lowest BCUT2D eigenvalue weighted by molar-refractivity contribution is 0.0951. The zero-order valence-corrected chi connectivity index (χ0v) is 11.8. The summed E-state index contributed by atoms with van der Waals surface area (Å²) >= 11 is 0. The van der Waals surface area contributed by atoms with E-state index in [9.17, 15) is 4.79 Å². The molecule has 106 valence electrons. The number of aromatic nitrogens is 1. The average molecular weight is 273 g/mol. The number of rotatable bonds is 5. The Bertz CT molecular complexity index is 568. The van der Waals surface area contributed by atoms with Gasteiger partial charge < -0.3 is 15.6 Å². The molecule has 0 saturated carbocycles. The highest BCUT2D eigenvalue weighted by Crippen LogP contribution is 2.12. The van der Waals surface area contributed by atoms with Gasteiger partial charge in [-0.05, 0) is 44.5 Å². The van der Waals surface area contributed by atoms with Crippen molar-refractivity contribution in [2.45, 2.75) is 26.8 Å². The average Bonchev–Trinajstić information content (AvgIpc) is 2.77. The van der Waals surface area contributed by atoms with Gasteiger partial charge >= 0.3 is 0 Å². The third kappa shape index (κ3) is 3.24. The Hall–Kier alpha value is -2.14. The van der Waals surface area contributed by atoms with Crippen LogP contribution in [-0.4, -0.2) is 17.6 Å². The highest BCUT2D eigenvalue weighted by Gasteiger charge is 2.11. The second-order valence-electron chi connectivity index (χ2n) is 4.72. The molecular formula is C15H19N3O2. The summed E-state index contributed by atoms with van der Waals surface area (Å²) in [5, 5.41) is 6.73. The van der Waals surface area contributed by atoms with Gasteiger partial charge in [0.05, 0.1) is 5.69 Å². The number of amides is 1. The molecule has 1 amide bonds. The van der Waals surface area contributed by atoms with E-state index in [0.717, 1.165) is 29.0 Å². The van der Waals surface area contributed by atoms with E-state index in [-0.39, 0.29) is 5.91 Å². The third-order valence-electron chi connectivity index (χ3n) is 3.26. The summed E-state index contributed by atoms with van der Waals surface area (Å²) in [6.45, 7) is 4.73. The van der Waals surface area contributed by atoms with Gasteiger partial charge in [-0.3, -0.25) is 4.79 Å². The van der Waals surface area contributed by atoms with Gasteiger partial charge in [-0.25, -0.2) is 0 Å². The number of nitrogens with one attached hydrogen (secondary N) is 1. The minimum absolute atomic E-state index is 0.107. The van der Waals surface area contributed by atoms with E-state index in [2.05, 4.69) is 10.5 Å². The zero-order valence-electron chi connectivity index (χ0n) is 11.8. The molecule has 5 heteroatoms. The molecule has 0 fully saturated rings. The Labute approximate surface area is 118 Å². The fourth-order valence-corrected chi connectivity index (χ4v) is 2.01. The molecule has 0 spiro atoms. The van der Waals surface area contributed by atoms with Gasteiger partial charge in [-0.2, -0.15) is 0 Å². The van der Waals surface area contributed by atoms with Crippen molar-refractivity contribution in [1.82, 2.24) is 10.5 Å². The van der Waals surface area contributed by atoms with Crippen molar-refractivity contribution in [2.24, 2.45) is 5.73 Å². The number of nitrogens with zero attached hydrogens (tertiary/aromatic N) is 1. The van der Waals surface area contributed by atoms with Crippen molar-refractivity contribution in [3.63, 3.8) is 0 Å². The van der Waals surface area contributed by atoms with Crippen molar-refractivity contribution >= 4 is 5.91 Å². The van der Waals surface area contributed by atoms with Gasteiger partial charge in [0.1, 0.15) is 5.76 Å². The minimum atomic E-state index is -0.107. The molecule has 2 aromatic rings. The van der Waals surface area contributed by atoms with Crippen LogP contribution in [0.15, 0.2) is 28.8 Å². The molecule has 3 N–H and O–H groups in total. The van der Waals surface area contributed by atoms with E-state index in [0.29, 0.717) is 18.7 Å². The number of benzene rings is 1. The lowest BCUT2D eigenvalue weighted by Crippen LogP contribution is -2.23. The first-order valence-electron chi connectivity index (χ1n) is 6.60. The first kappa shape index (κ1) is 14.3. The topological polar surface area (TPSA) is 81.2 Å². The Morgan fingerprint density at radius 3 is 2.55 bits per heavy atom. The van der Waals surface area contributed by atoms with E-state index < -0.39 is 0 Å². The molecule has 0 aliphatic rings. The number of carbonyl (C=O) groups excluding carboxylic acids is 1. The van der Waals surface area contributed by atoms with Gasteiger partial charge in [0.2, 0.25) is 0 Å². The largest absolute Gasteiger partial charge is 0.361 e. The molecule has 20 heavy (non-hydrogen) atoms. The summed E-state index contributed by atoms with van der Waals surface area (Å²) in [5.74, 6) is 0.630. The molecule has 0 aliphatic heterocycles. The molecule has 2 rings (SSSR count). The van der Waals surface area contributed by atoms with Gasteiger partial charge in [0, 0.05) is 17.7 Å². The van der Waals surface area contributed by atoms with Crippen LogP contribution < -0.4 is 11.1 Å². The van der Waals surface area contributed by atoms with Crippen molar-refractivity contribution in [3.05, 3.63) is 52.4 Å². The monoisotopic (exact) mass is 273 g/mol. The number of carbonyl (C=O) groups is 1. The SMILES string of the molecule is Cc1noc(C)c1CNC(=O)c1ccc(CCN)cc1. The Morgan fingerprint density at radius 2 is 2.00 bits per heavy atom. The lowest BCUT2D eigenvalue weighted by Gasteiger charge is -2.06. The molecule has 0 radical (unpaired) electrons. The maximum Gasteiger partial charge on any atom is 0.251 e. The standard InChI is InChI=1S/C15H19N3O2/c1-10-14(11(2)20-18-10)9-17-15(19)13-5-3-12(4-6-13)7-8-16/h3-6H,7-9,16H2,1-2H3,(H,17,19). The predicted molar refractivity (Wildman–Crippen MR) is 76.3 cm³/mol. The fraction of sp³-hybridized carbons (Fsp3) is 0.333. The van der Waals surface area contributed by atoms with Crippen molar-refractivity contribution in [1.29, 1.82) is 0 Å². The van der Waals surface area contributed by atoms with Crippen LogP contribution in [0.3, 0.4) is 0 Å². The van der Waals surface area contributed by atoms with Crippen molar-refractivity contribution in [2.75, 3.05) is 6.54 Å². The van der Waals surface area contributed by atoms with Gasteiger partial charge in [0.25, 0.3) is 5.91 Å². The normalized spacial score (nSPS) is 10.6. The molecular weight excluding hydrogens is 254 g/mol. The summed E-state index contributed by atoms with van der Waals surface area (Å²) < 4.78 is 5.06. The summed E-state index contributed by atoms with van der Waals surface area (Å²) in [6, 6.07) is 7.48. The molecule has 1 heterocycles. The number of hydrogen-bond acceptors (Lipinski definition) is 4. The highest BCUT2D eigenvalue weighted by atomic mass is 16.5. The summed E-state index contributed by atoms with van der Waals surface area (Å²) in [7, 11) is 0. The molecule has 0 unspecified atom stereocenters. The maximum absolute atomic E-state index is 12.0. The molecule has 5 nitrogen and oxygen atoms in total. The molecule has 1 aromatic heterocycles. The van der Waals surface area contributed by atoms with Crippen LogP contribution in [0.5, 0.6) is 0 Å². The maximum atomic E-state index is 12.0. The quantitative estimate of drug-likeness (QED) is 0.869. The van der Waals surface area contributed by atoms with Crippen LogP contribution in [0.25, 0.3) is 0 Å². The number of hydrogen-bond donors (Lipinski definition) is 2. The van der Waals surface area contributed by atoms with E-state index in [1.165, 1.54) is 0 Å². The Kier molecular flexibility index (Phi) is 4.53. The molecule has 0 bridgehead atoms. The Balaban J connectivity index is 1.98. The molecule has 0 aliphatic carbocycles. The third-order valence-corrected chi connectivity index (χ3v) is 3.26. The predicted octanol–water partition coefficient (Wildman–Crippen LogP) is 1.72.